The van der Waals surface area contributed by atoms with Gasteiger partial charge in [0.1, 0.15) is 5.75 Å². The molecule has 2 heterocycles. The van der Waals surface area contributed by atoms with Gasteiger partial charge in [0.15, 0.2) is 9.84 Å². The maximum atomic E-state index is 12.3. The SMILES string of the molecule is CS(=O)(=O)c1ccc2c(c1)O[C@]1(CN[C@H](C(N)=O)C1)C(=O)N2.Cl. The molecule has 0 saturated carbocycles. The van der Waals surface area contributed by atoms with Gasteiger partial charge in [0.05, 0.1) is 16.6 Å². The Morgan fingerprint density at radius 2 is 2.13 bits per heavy atom. The molecule has 1 aromatic carbocycles. The second kappa shape index (κ2) is 5.66. The van der Waals surface area contributed by atoms with Gasteiger partial charge in [-0.15, -0.1) is 12.4 Å². The Morgan fingerprint density at radius 3 is 2.70 bits per heavy atom. The fourth-order valence-corrected chi connectivity index (χ4v) is 3.26. The second-order valence-electron chi connectivity index (χ2n) is 5.52. The Hall–Kier alpha value is -1.84. The molecule has 23 heavy (non-hydrogen) atoms. The molecule has 2 aliphatic heterocycles. The summed E-state index contributed by atoms with van der Waals surface area (Å²) < 4.78 is 29.0. The Kier molecular flexibility index (Phi) is 4.31. The van der Waals surface area contributed by atoms with Gasteiger partial charge in [0.2, 0.25) is 11.5 Å². The number of ether oxygens (including phenoxy) is 1. The molecule has 0 unspecified atom stereocenters. The number of nitrogens with two attached hydrogens (primary N) is 1. The van der Waals surface area contributed by atoms with Crippen LogP contribution in [0.2, 0.25) is 0 Å². The summed E-state index contributed by atoms with van der Waals surface area (Å²) in [5.41, 5.74) is 4.37. The van der Waals surface area contributed by atoms with Crippen LogP contribution >= 0.6 is 12.4 Å². The molecule has 1 aromatic rings. The maximum Gasteiger partial charge on any atom is 0.270 e. The minimum absolute atomic E-state index is 0. The number of halogens is 1. The van der Waals surface area contributed by atoms with Gasteiger partial charge in [0, 0.05) is 25.3 Å². The number of anilines is 1. The average Bonchev–Trinajstić information content (AvgIpc) is 2.84. The topological polar surface area (TPSA) is 128 Å². The lowest BCUT2D eigenvalue weighted by molar-refractivity contribution is -0.131. The number of hydrogen-bond acceptors (Lipinski definition) is 6. The molecule has 4 N–H and O–H groups in total. The first-order valence-electron chi connectivity index (χ1n) is 6.59. The van der Waals surface area contributed by atoms with Crippen molar-refractivity contribution < 1.29 is 22.7 Å². The summed E-state index contributed by atoms with van der Waals surface area (Å²) >= 11 is 0. The molecule has 3 rings (SSSR count). The van der Waals surface area contributed by atoms with Gasteiger partial charge in [-0.1, -0.05) is 0 Å². The van der Waals surface area contributed by atoms with Crippen molar-refractivity contribution in [2.24, 2.45) is 5.73 Å². The number of benzene rings is 1. The van der Waals surface area contributed by atoms with Crippen LogP contribution in [-0.4, -0.2) is 44.7 Å². The van der Waals surface area contributed by atoms with Crippen LogP contribution in [0.15, 0.2) is 23.1 Å². The van der Waals surface area contributed by atoms with Gasteiger partial charge in [-0.05, 0) is 12.1 Å². The molecule has 1 saturated heterocycles. The first-order chi connectivity index (χ1) is 10.2. The molecule has 10 heteroatoms. The normalized spacial score (nSPS) is 26.0. The lowest BCUT2D eigenvalue weighted by Gasteiger charge is -2.34. The number of sulfone groups is 1. The quantitative estimate of drug-likeness (QED) is 0.647. The second-order valence-corrected chi connectivity index (χ2v) is 7.54. The van der Waals surface area contributed by atoms with Gasteiger partial charge in [-0.3, -0.25) is 9.59 Å². The van der Waals surface area contributed by atoms with Gasteiger partial charge < -0.3 is 21.1 Å². The highest BCUT2D eigenvalue weighted by molar-refractivity contribution is 7.90. The Bertz CT molecular complexity index is 782. The van der Waals surface area contributed by atoms with Gasteiger partial charge >= 0.3 is 0 Å². The largest absolute Gasteiger partial charge is 0.474 e. The van der Waals surface area contributed by atoms with E-state index in [1.54, 1.807) is 0 Å². The summed E-state index contributed by atoms with van der Waals surface area (Å²) in [6, 6.07) is 3.58. The van der Waals surface area contributed by atoms with E-state index in [2.05, 4.69) is 10.6 Å². The Morgan fingerprint density at radius 1 is 1.43 bits per heavy atom. The number of primary amides is 1. The van der Waals surface area contributed by atoms with Crippen molar-refractivity contribution in [3.8, 4) is 5.75 Å². The van der Waals surface area contributed by atoms with E-state index in [0.717, 1.165) is 6.26 Å². The molecule has 1 spiro atoms. The molecule has 126 valence electrons. The minimum Gasteiger partial charge on any atom is -0.474 e. The number of hydrogen-bond donors (Lipinski definition) is 3. The highest BCUT2D eigenvalue weighted by Gasteiger charge is 2.51. The maximum absolute atomic E-state index is 12.3. The zero-order valence-electron chi connectivity index (χ0n) is 12.2. The molecule has 2 amide bonds. The lowest BCUT2D eigenvalue weighted by atomic mass is 9.96. The Balaban J connectivity index is 0.00000192. The summed E-state index contributed by atoms with van der Waals surface area (Å²) in [6.07, 6.45) is 1.18. The number of carbonyl (C=O) groups excluding carboxylic acids is 2. The highest BCUT2D eigenvalue weighted by Crippen LogP contribution is 2.38. The van der Waals surface area contributed by atoms with Crippen LogP contribution in [0.4, 0.5) is 5.69 Å². The van der Waals surface area contributed by atoms with Crippen LogP contribution in [0.25, 0.3) is 0 Å². The van der Waals surface area contributed by atoms with Crippen LogP contribution in [0.5, 0.6) is 5.75 Å². The summed E-state index contributed by atoms with van der Waals surface area (Å²) in [4.78, 5) is 23.6. The van der Waals surface area contributed by atoms with Crippen molar-refractivity contribution >= 4 is 39.7 Å². The molecule has 0 aromatic heterocycles. The van der Waals surface area contributed by atoms with Crippen molar-refractivity contribution in [3.63, 3.8) is 0 Å². The minimum atomic E-state index is -3.39. The third-order valence-corrected chi connectivity index (χ3v) is 4.97. The van der Waals surface area contributed by atoms with Gasteiger partial charge in [0.25, 0.3) is 5.91 Å². The van der Waals surface area contributed by atoms with Crippen molar-refractivity contribution in [1.82, 2.24) is 5.32 Å². The third-order valence-electron chi connectivity index (χ3n) is 3.86. The predicted octanol–water partition coefficient (Wildman–Crippen LogP) is -0.571. The number of carbonyl (C=O) groups is 2. The van der Waals surface area contributed by atoms with Crippen LogP contribution < -0.4 is 21.1 Å². The van der Waals surface area contributed by atoms with Crippen molar-refractivity contribution in [2.45, 2.75) is 23.0 Å². The van der Waals surface area contributed by atoms with E-state index in [1.807, 2.05) is 0 Å². The predicted molar refractivity (Wildman–Crippen MR) is 84.4 cm³/mol. The summed E-state index contributed by atoms with van der Waals surface area (Å²) in [6.45, 7) is 0.120. The molecule has 2 aliphatic rings. The van der Waals surface area contributed by atoms with E-state index in [1.165, 1.54) is 18.2 Å². The van der Waals surface area contributed by atoms with Crippen molar-refractivity contribution in [3.05, 3.63) is 18.2 Å². The van der Waals surface area contributed by atoms with E-state index in [9.17, 15) is 18.0 Å². The molecule has 1 fully saturated rings. The van der Waals surface area contributed by atoms with Gasteiger partial charge in [-0.2, -0.15) is 0 Å². The fraction of sp³-hybridized carbons (Fsp3) is 0.385. The van der Waals surface area contributed by atoms with Crippen LogP contribution in [0.3, 0.4) is 0 Å². The molecule has 0 aliphatic carbocycles. The third kappa shape index (κ3) is 2.99. The number of fused-ring (bicyclic) bond motifs is 1. The first kappa shape index (κ1) is 17.5. The van der Waals surface area contributed by atoms with Crippen LogP contribution in [0, 0.1) is 0 Å². The highest BCUT2D eigenvalue weighted by atomic mass is 35.5. The van der Waals surface area contributed by atoms with E-state index >= 15 is 0 Å². The Labute approximate surface area is 139 Å². The first-order valence-corrected chi connectivity index (χ1v) is 8.48. The average molecular weight is 362 g/mol. The fourth-order valence-electron chi connectivity index (χ4n) is 2.63. The smallest absolute Gasteiger partial charge is 0.270 e. The standard InChI is InChI=1S/C13H15N3O5S.ClH/c1-22(19,20)7-2-3-8-10(4-7)21-13(12(18)16-8)5-9(11(14)17)15-6-13;/h2-4,9,15H,5-6H2,1H3,(H2,14,17)(H,16,18);1H/t9-,13+;/m0./s1. The summed E-state index contributed by atoms with van der Waals surface area (Å²) in [5, 5.41) is 5.52. The number of nitrogens with one attached hydrogen (secondary N) is 2. The molecule has 8 nitrogen and oxygen atoms in total. The monoisotopic (exact) mass is 361 g/mol. The van der Waals surface area contributed by atoms with Crippen LogP contribution in [0.1, 0.15) is 6.42 Å². The zero-order chi connectivity index (χ0) is 16.1. The van der Waals surface area contributed by atoms with E-state index < -0.39 is 27.4 Å². The van der Waals surface area contributed by atoms with E-state index in [-0.39, 0.29) is 41.9 Å². The number of rotatable bonds is 2. The van der Waals surface area contributed by atoms with Crippen molar-refractivity contribution in [2.75, 3.05) is 18.1 Å². The summed E-state index contributed by atoms with van der Waals surface area (Å²) in [5.74, 6) is -0.693. The summed E-state index contributed by atoms with van der Waals surface area (Å²) in [7, 11) is -3.39. The molecular weight excluding hydrogens is 346 g/mol. The lowest BCUT2D eigenvalue weighted by Crippen LogP contribution is -2.52. The van der Waals surface area contributed by atoms with Gasteiger partial charge in [-0.25, -0.2) is 8.42 Å². The van der Waals surface area contributed by atoms with E-state index in [0.29, 0.717) is 5.69 Å². The number of amides is 2. The molecular formula is C13H16ClN3O5S. The molecule has 2 atom stereocenters. The molecule has 0 radical (unpaired) electrons. The van der Waals surface area contributed by atoms with Crippen molar-refractivity contribution in [1.29, 1.82) is 0 Å². The zero-order valence-corrected chi connectivity index (χ0v) is 13.8. The molecule has 0 bridgehead atoms. The van der Waals surface area contributed by atoms with Crippen LogP contribution in [-0.2, 0) is 19.4 Å². The van der Waals surface area contributed by atoms with E-state index in [4.69, 9.17) is 10.5 Å².